The number of nitrogens with two attached hydrogens (primary N) is 1. The van der Waals surface area contributed by atoms with Crippen LogP contribution >= 0.6 is 12.4 Å². The van der Waals surface area contributed by atoms with E-state index >= 15 is 0 Å². The molecular weight excluding hydrogens is 326 g/mol. The maximum absolute atomic E-state index is 12.1. The number of hydrogen-bond acceptors (Lipinski definition) is 5. The lowest BCUT2D eigenvalue weighted by atomic mass is 10.2. The molecule has 1 aromatic heterocycles. The number of rotatable bonds is 3. The van der Waals surface area contributed by atoms with Crippen LogP contribution in [-0.2, 0) is 0 Å². The first-order chi connectivity index (χ1) is 11.1. The lowest BCUT2D eigenvalue weighted by molar-refractivity contribution is 0.102. The largest absolute Gasteiger partial charge is 0.399 e. The van der Waals surface area contributed by atoms with Crippen LogP contribution in [0, 0.1) is 0 Å². The summed E-state index contributed by atoms with van der Waals surface area (Å²) in [6, 6.07) is 10.6. The lowest BCUT2D eigenvalue weighted by Gasteiger charge is -2.33. The average Bonchev–Trinajstić information content (AvgIpc) is 2.57. The summed E-state index contributed by atoms with van der Waals surface area (Å²) in [5.74, 6) is 0.356. The topological polar surface area (TPSA) is 74.5 Å². The quantitative estimate of drug-likeness (QED) is 0.832. The molecule has 1 aromatic carbocycles. The molecule has 0 unspecified atom stereocenters. The van der Waals surface area contributed by atoms with Crippen LogP contribution in [0.25, 0.3) is 0 Å². The number of piperazine rings is 1. The number of amides is 1. The molecule has 1 amide bonds. The van der Waals surface area contributed by atoms with Gasteiger partial charge in [-0.25, -0.2) is 4.98 Å². The number of likely N-dealkylation sites (N-methyl/N-ethyl adjacent to an activating group) is 1. The second kappa shape index (κ2) is 7.99. The summed E-state index contributed by atoms with van der Waals surface area (Å²) >= 11 is 0. The predicted molar refractivity (Wildman–Crippen MR) is 100 cm³/mol. The van der Waals surface area contributed by atoms with Gasteiger partial charge in [0.25, 0.3) is 5.91 Å². The minimum absolute atomic E-state index is 0. The van der Waals surface area contributed by atoms with Gasteiger partial charge >= 0.3 is 0 Å². The van der Waals surface area contributed by atoms with Gasteiger partial charge in [0, 0.05) is 37.4 Å². The summed E-state index contributed by atoms with van der Waals surface area (Å²) in [7, 11) is 2.13. The molecule has 2 aromatic rings. The number of nitrogens with zero attached hydrogens (tertiary/aromatic N) is 3. The van der Waals surface area contributed by atoms with Gasteiger partial charge in [-0.1, -0.05) is 0 Å². The highest BCUT2D eigenvalue weighted by atomic mass is 35.5. The fourth-order valence-electron chi connectivity index (χ4n) is 2.53. The van der Waals surface area contributed by atoms with Crippen molar-refractivity contribution in [2.45, 2.75) is 0 Å². The molecule has 1 saturated heterocycles. The van der Waals surface area contributed by atoms with Gasteiger partial charge in [-0.3, -0.25) is 4.79 Å². The van der Waals surface area contributed by atoms with Gasteiger partial charge in [0.05, 0.1) is 11.9 Å². The molecule has 0 aliphatic carbocycles. The van der Waals surface area contributed by atoms with E-state index in [1.165, 1.54) is 0 Å². The highest BCUT2D eigenvalue weighted by molar-refractivity contribution is 6.03. The number of pyridine rings is 1. The molecule has 128 valence electrons. The van der Waals surface area contributed by atoms with Gasteiger partial charge in [-0.15, -0.1) is 12.4 Å². The third-order valence-electron chi connectivity index (χ3n) is 4.03. The summed E-state index contributed by atoms with van der Waals surface area (Å²) in [5.41, 5.74) is 7.91. The van der Waals surface area contributed by atoms with Crippen LogP contribution in [0.15, 0.2) is 42.6 Å². The van der Waals surface area contributed by atoms with Crippen LogP contribution in [0.4, 0.5) is 17.2 Å². The fourth-order valence-corrected chi connectivity index (χ4v) is 2.53. The SMILES string of the molecule is CN1CCN(c2ccc(NC(=O)c3ccc(N)cc3)nc2)CC1.Cl. The molecule has 24 heavy (non-hydrogen) atoms. The van der Waals surface area contributed by atoms with Crippen LogP contribution in [-0.4, -0.2) is 49.0 Å². The summed E-state index contributed by atoms with van der Waals surface area (Å²) in [6.07, 6.45) is 1.81. The summed E-state index contributed by atoms with van der Waals surface area (Å²) in [6.45, 7) is 4.09. The van der Waals surface area contributed by atoms with Crippen LogP contribution in [0.1, 0.15) is 10.4 Å². The number of anilines is 3. The molecule has 0 radical (unpaired) electrons. The number of nitrogens with one attached hydrogen (secondary N) is 1. The van der Waals surface area contributed by atoms with Crippen molar-refractivity contribution in [1.29, 1.82) is 0 Å². The molecule has 0 saturated carbocycles. The fraction of sp³-hybridized carbons (Fsp3) is 0.294. The zero-order valence-corrected chi connectivity index (χ0v) is 14.4. The Labute approximate surface area is 148 Å². The van der Waals surface area contributed by atoms with Gasteiger partial charge in [-0.05, 0) is 43.4 Å². The van der Waals surface area contributed by atoms with Gasteiger partial charge < -0.3 is 20.9 Å². The molecule has 3 N–H and O–H groups in total. The lowest BCUT2D eigenvalue weighted by Crippen LogP contribution is -2.44. The van der Waals surface area contributed by atoms with Gasteiger partial charge in [0.1, 0.15) is 5.82 Å². The number of hydrogen-bond donors (Lipinski definition) is 2. The average molecular weight is 348 g/mol. The van der Waals surface area contributed by atoms with Gasteiger partial charge in [-0.2, -0.15) is 0 Å². The van der Waals surface area contributed by atoms with Crippen molar-refractivity contribution in [1.82, 2.24) is 9.88 Å². The molecule has 7 heteroatoms. The minimum Gasteiger partial charge on any atom is -0.399 e. The maximum atomic E-state index is 12.1. The Morgan fingerprint density at radius 3 is 2.33 bits per heavy atom. The van der Waals surface area contributed by atoms with E-state index in [4.69, 9.17) is 5.73 Å². The maximum Gasteiger partial charge on any atom is 0.256 e. The number of halogens is 1. The summed E-state index contributed by atoms with van der Waals surface area (Å²) < 4.78 is 0. The van der Waals surface area contributed by atoms with E-state index in [0.29, 0.717) is 17.1 Å². The monoisotopic (exact) mass is 347 g/mol. The summed E-state index contributed by atoms with van der Waals surface area (Å²) in [4.78, 5) is 21.1. The minimum atomic E-state index is -0.190. The Morgan fingerprint density at radius 1 is 1.08 bits per heavy atom. The smallest absolute Gasteiger partial charge is 0.256 e. The molecule has 3 rings (SSSR count). The van der Waals surface area contributed by atoms with Crippen LogP contribution in [0.3, 0.4) is 0 Å². The first-order valence-corrected chi connectivity index (χ1v) is 7.68. The number of carbonyl (C=O) groups excluding carboxylic acids is 1. The molecule has 1 aliphatic rings. The van der Waals surface area contributed by atoms with E-state index in [0.717, 1.165) is 31.9 Å². The molecule has 2 heterocycles. The third-order valence-corrected chi connectivity index (χ3v) is 4.03. The van der Waals surface area contributed by atoms with Crippen molar-refractivity contribution in [2.75, 3.05) is 49.2 Å². The van der Waals surface area contributed by atoms with Gasteiger partial charge in [0.2, 0.25) is 0 Å². The van der Waals surface area contributed by atoms with Crippen LogP contribution in [0.5, 0.6) is 0 Å². The zero-order chi connectivity index (χ0) is 16.2. The number of aromatic nitrogens is 1. The van der Waals surface area contributed by atoms with Crippen molar-refractivity contribution < 1.29 is 4.79 Å². The van der Waals surface area contributed by atoms with Crippen molar-refractivity contribution in [2.24, 2.45) is 0 Å². The van der Waals surface area contributed by atoms with Crippen molar-refractivity contribution in [3.05, 3.63) is 48.2 Å². The Bertz CT molecular complexity index is 666. The van der Waals surface area contributed by atoms with E-state index in [1.807, 2.05) is 18.3 Å². The highest BCUT2D eigenvalue weighted by Gasteiger charge is 2.14. The standard InChI is InChI=1S/C17H21N5O.ClH/c1-21-8-10-22(11-9-21)15-6-7-16(19-12-15)20-17(23)13-2-4-14(18)5-3-13;/h2-7,12H,8-11,18H2,1H3,(H,19,20,23);1H. The Kier molecular flexibility index (Phi) is 6.00. The molecule has 0 atom stereocenters. The molecular formula is C17H22ClN5O. The molecule has 1 fully saturated rings. The van der Waals surface area contributed by atoms with E-state index in [1.54, 1.807) is 24.3 Å². The van der Waals surface area contributed by atoms with Crippen molar-refractivity contribution in [3.8, 4) is 0 Å². The Morgan fingerprint density at radius 2 is 1.75 bits per heavy atom. The van der Waals surface area contributed by atoms with E-state index in [2.05, 4.69) is 27.1 Å². The molecule has 1 aliphatic heterocycles. The van der Waals surface area contributed by atoms with Crippen LogP contribution in [0.2, 0.25) is 0 Å². The summed E-state index contributed by atoms with van der Waals surface area (Å²) in [5, 5.41) is 2.80. The second-order valence-corrected chi connectivity index (χ2v) is 5.77. The Hall–Kier alpha value is -2.31. The van der Waals surface area contributed by atoms with Crippen LogP contribution < -0.4 is 16.0 Å². The number of carbonyl (C=O) groups is 1. The van der Waals surface area contributed by atoms with Crippen molar-refractivity contribution in [3.63, 3.8) is 0 Å². The Balaban J connectivity index is 0.00000208. The molecule has 0 spiro atoms. The van der Waals surface area contributed by atoms with Crippen molar-refractivity contribution >= 4 is 35.5 Å². The second-order valence-electron chi connectivity index (χ2n) is 5.77. The first-order valence-electron chi connectivity index (χ1n) is 7.68. The molecule has 0 bridgehead atoms. The highest BCUT2D eigenvalue weighted by Crippen LogP contribution is 2.17. The molecule has 6 nitrogen and oxygen atoms in total. The third kappa shape index (κ3) is 4.37. The van der Waals surface area contributed by atoms with E-state index < -0.39 is 0 Å². The predicted octanol–water partition coefficient (Wildman–Crippen LogP) is 2.09. The van der Waals surface area contributed by atoms with Gasteiger partial charge in [0.15, 0.2) is 0 Å². The number of benzene rings is 1. The first kappa shape index (κ1) is 18.0. The number of nitrogen functional groups attached to an aromatic ring is 1. The zero-order valence-electron chi connectivity index (χ0n) is 13.6. The normalized spacial score (nSPS) is 14.8. The van der Waals surface area contributed by atoms with E-state index in [9.17, 15) is 4.79 Å². The van der Waals surface area contributed by atoms with E-state index in [-0.39, 0.29) is 18.3 Å².